The van der Waals surface area contributed by atoms with Gasteiger partial charge in [-0.1, -0.05) is 34.8 Å². The minimum atomic E-state index is -1.20. The van der Waals surface area contributed by atoms with Gasteiger partial charge in [-0.05, 0) is 41.4 Å². The highest BCUT2D eigenvalue weighted by molar-refractivity contribution is 7.08. The van der Waals surface area contributed by atoms with E-state index in [0.29, 0.717) is 5.56 Å². The summed E-state index contributed by atoms with van der Waals surface area (Å²) in [5, 5.41) is 9.38. The number of nitrogens with zero attached hydrogens (tertiary/aromatic N) is 1. The molecule has 0 spiro atoms. The first-order valence-corrected chi connectivity index (χ1v) is 9.41. The highest BCUT2D eigenvalue weighted by Gasteiger charge is 2.49. The molecule has 3 rings (SSSR count). The van der Waals surface area contributed by atoms with Gasteiger partial charge in [0.05, 0.1) is 20.8 Å². The van der Waals surface area contributed by atoms with E-state index in [1.165, 1.54) is 23.5 Å². The third kappa shape index (κ3) is 3.40. The SMILES string of the molecule is CC1(c2ccsc2)NC(=O)N(CC(=O)Nc2cc(Cl)c(Cl)cc2Cl)C1=O. The number of amides is 4. The van der Waals surface area contributed by atoms with E-state index in [-0.39, 0.29) is 20.8 Å². The largest absolute Gasteiger partial charge is 0.325 e. The molecule has 0 bridgehead atoms. The van der Waals surface area contributed by atoms with Crippen LogP contribution in [0.25, 0.3) is 0 Å². The van der Waals surface area contributed by atoms with Crippen LogP contribution in [0.15, 0.2) is 29.0 Å². The molecule has 0 aliphatic carbocycles. The predicted octanol–water partition coefficient (Wildman–Crippen LogP) is 4.11. The van der Waals surface area contributed by atoms with Crippen LogP contribution in [0.5, 0.6) is 0 Å². The molecule has 136 valence electrons. The summed E-state index contributed by atoms with van der Waals surface area (Å²) in [7, 11) is 0. The lowest BCUT2D eigenvalue weighted by Crippen LogP contribution is -2.41. The van der Waals surface area contributed by atoms with Gasteiger partial charge in [0.15, 0.2) is 0 Å². The van der Waals surface area contributed by atoms with Gasteiger partial charge in [-0.2, -0.15) is 11.3 Å². The molecule has 1 saturated heterocycles. The van der Waals surface area contributed by atoms with Crippen LogP contribution in [0, 0.1) is 0 Å². The molecule has 6 nitrogen and oxygen atoms in total. The number of benzene rings is 1. The number of thiophene rings is 1. The molecule has 1 unspecified atom stereocenters. The van der Waals surface area contributed by atoms with Crippen molar-refractivity contribution in [3.8, 4) is 0 Å². The van der Waals surface area contributed by atoms with E-state index in [2.05, 4.69) is 10.6 Å². The molecule has 0 saturated carbocycles. The smallest absolute Gasteiger partial charge is 0.323 e. The van der Waals surface area contributed by atoms with E-state index < -0.39 is 29.9 Å². The van der Waals surface area contributed by atoms with Crippen LogP contribution in [-0.2, 0) is 15.1 Å². The number of rotatable bonds is 4. The number of halogens is 3. The number of imide groups is 1. The molecule has 1 aliphatic heterocycles. The lowest BCUT2D eigenvalue weighted by molar-refractivity contribution is -0.133. The number of carbonyl (C=O) groups is 3. The van der Waals surface area contributed by atoms with Gasteiger partial charge in [0.1, 0.15) is 12.1 Å². The van der Waals surface area contributed by atoms with E-state index in [0.717, 1.165) is 4.90 Å². The van der Waals surface area contributed by atoms with Crippen molar-refractivity contribution in [2.45, 2.75) is 12.5 Å². The summed E-state index contributed by atoms with van der Waals surface area (Å²) in [4.78, 5) is 38.0. The Balaban J connectivity index is 1.75. The van der Waals surface area contributed by atoms with Crippen molar-refractivity contribution in [3.05, 3.63) is 49.6 Å². The molecule has 2 aromatic rings. The number of anilines is 1. The average molecular weight is 433 g/mol. The van der Waals surface area contributed by atoms with Crippen LogP contribution in [0.4, 0.5) is 10.5 Å². The topological polar surface area (TPSA) is 78.5 Å². The van der Waals surface area contributed by atoms with Crippen LogP contribution < -0.4 is 10.6 Å². The summed E-state index contributed by atoms with van der Waals surface area (Å²) in [6, 6.07) is 3.90. The Morgan fingerprint density at radius 1 is 1.23 bits per heavy atom. The van der Waals surface area contributed by atoms with Gasteiger partial charge in [0.2, 0.25) is 5.91 Å². The van der Waals surface area contributed by atoms with E-state index in [1.54, 1.807) is 18.4 Å². The molecule has 4 amide bonds. The molecule has 2 heterocycles. The summed E-state index contributed by atoms with van der Waals surface area (Å²) >= 11 is 19.2. The Labute approximate surface area is 168 Å². The zero-order valence-electron chi connectivity index (χ0n) is 13.3. The zero-order chi connectivity index (χ0) is 19.1. The Kier molecular flexibility index (Phi) is 5.16. The average Bonchev–Trinajstić information content (AvgIpc) is 3.17. The molecular formula is C16H12Cl3N3O3S. The van der Waals surface area contributed by atoms with Crippen molar-refractivity contribution in [2.75, 3.05) is 11.9 Å². The minimum absolute atomic E-state index is 0.188. The molecule has 1 fully saturated rings. The minimum Gasteiger partial charge on any atom is -0.323 e. The lowest BCUT2D eigenvalue weighted by atomic mass is 9.95. The maximum atomic E-state index is 12.7. The molecule has 1 aromatic carbocycles. The van der Waals surface area contributed by atoms with Crippen molar-refractivity contribution < 1.29 is 14.4 Å². The van der Waals surface area contributed by atoms with Gasteiger partial charge >= 0.3 is 6.03 Å². The maximum absolute atomic E-state index is 12.7. The van der Waals surface area contributed by atoms with Crippen molar-refractivity contribution in [2.24, 2.45) is 0 Å². The molecule has 1 aliphatic rings. The first-order valence-electron chi connectivity index (χ1n) is 7.33. The van der Waals surface area contributed by atoms with Gasteiger partial charge in [-0.25, -0.2) is 4.79 Å². The molecule has 1 aromatic heterocycles. The predicted molar refractivity (Wildman–Crippen MR) is 102 cm³/mol. The number of carbonyl (C=O) groups excluding carboxylic acids is 3. The van der Waals surface area contributed by atoms with E-state index in [1.807, 2.05) is 5.38 Å². The molecule has 26 heavy (non-hydrogen) atoms. The zero-order valence-corrected chi connectivity index (χ0v) is 16.4. The second-order valence-corrected chi connectivity index (χ2v) is 7.75. The second-order valence-electron chi connectivity index (χ2n) is 5.75. The fourth-order valence-electron chi connectivity index (χ4n) is 2.54. The Morgan fingerprint density at radius 3 is 2.58 bits per heavy atom. The number of urea groups is 1. The number of hydrogen-bond donors (Lipinski definition) is 2. The maximum Gasteiger partial charge on any atom is 0.325 e. The summed E-state index contributed by atoms with van der Waals surface area (Å²) in [5.41, 5.74) is -0.298. The summed E-state index contributed by atoms with van der Waals surface area (Å²) in [6.45, 7) is 1.14. The van der Waals surface area contributed by atoms with Crippen molar-refractivity contribution >= 4 is 69.7 Å². The molecule has 0 radical (unpaired) electrons. The monoisotopic (exact) mass is 431 g/mol. The fraction of sp³-hybridized carbons (Fsp3) is 0.188. The van der Waals surface area contributed by atoms with E-state index >= 15 is 0 Å². The van der Waals surface area contributed by atoms with Crippen molar-refractivity contribution in [1.29, 1.82) is 0 Å². The standard InChI is InChI=1S/C16H12Cl3N3O3S/c1-16(8-2-3-26-7-8)14(24)22(15(25)21-16)6-13(23)20-12-5-10(18)9(17)4-11(12)19/h2-5,7H,6H2,1H3,(H,20,23)(H,21,25). The highest BCUT2D eigenvalue weighted by atomic mass is 35.5. The third-order valence-electron chi connectivity index (χ3n) is 3.96. The summed E-state index contributed by atoms with van der Waals surface area (Å²) < 4.78 is 0. The van der Waals surface area contributed by atoms with Gasteiger partial charge < -0.3 is 10.6 Å². The summed E-state index contributed by atoms with van der Waals surface area (Å²) in [6.07, 6.45) is 0. The fourth-order valence-corrected chi connectivity index (χ4v) is 3.90. The lowest BCUT2D eigenvalue weighted by Gasteiger charge is -2.20. The summed E-state index contributed by atoms with van der Waals surface area (Å²) in [5.74, 6) is -1.10. The molecule has 10 heteroatoms. The van der Waals surface area contributed by atoms with E-state index in [4.69, 9.17) is 34.8 Å². The third-order valence-corrected chi connectivity index (χ3v) is 5.68. The second kappa shape index (κ2) is 7.08. The quantitative estimate of drug-likeness (QED) is 0.563. The van der Waals surface area contributed by atoms with E-state index in [9.17, 15) is 14.4 Å². The van der Waals surface area contributed by atoms with Gasteiger partial charge in [0, 0.05) is 0 Å². The van der Waals surface area contributed by atoms with Crippen LogP contribution in [0.3, 0.4) is 0 Å². The molecule has 2 N–H and O–H groups in total. The molecular weight excluding hydrogens is 421 g/mol. The normalized spacial score (nSPS) is 19.6. The van der Waals surface area contributed by atoms with Crippen molar-refractivity contribution in [3.63, 3.8) is 0 Å². The first kappa shape index (κ1) is 19.0. The van der Waals surface area contributed by atoms with Crippen LogP contribution in [0.1, 0.15) is 12.5 Å². The van der Waals surface area contributed by atoms with Gasteiger partial charge in [-0.3, -0.25) is 14.5 Å². The van der Waals surface area contributed by atoms with Crippen LogP contribution >= 0.6 is 46.1 Å². The Morgan fingerprint density at radius 2 is 1.92 bits per heavy atom. The highest BCUT2D eigenvalue weighted by Crippen LogP contribution is 2.33. The van der Waals surface area contributed by atoms with Crippen molar-refractivity contribution in [1.82, 2.24) is 10.2 Å². The number of hydrogen-bond acceptors (Lipinski definition) is 4. The van der Waals surface area contributed by atoms with Crippen LogP contribution in [-0.4, -0.2) is 29.3 Å². The first-order chi connectivity index (χ1) is 12.2. The number of nitrogens with one attached hydrogen (secondary N) is 2. The Bertz CT molecular complexity index is 904. The van der Waals surface area contributed by atoms with Gasteiger partial charge in [0.25, 0.3) is 5.91 Å². The Hall–Kier alpha value is -1.80. The van der Waals surface area contributed by atoms with Gasteiger partial charge in [-0.15, -0.1) is 0 Å². The van der Waals surface area contributed by atoms with Crippen LogP contribution in [0.2, 0.25) is 15.1 Å². The molecule has 1 atom stereocenters.